The van der Waals surface area contributed by atoms with Crippen LogP contribution in [0.1, 0.15) is 349 Å². The lowest BCUT2D eigenvalue weighted by molar-refractivity contribution is -0.161. The first kappa shape index (κ1) is 91.0. The first-order valence-corrected chi connectivity index (χ1v) is 40.9. The fraction of sp³-hybridized carbons (Fsp3) is 0.840. The Bertz CT molecular complexity index is 1980. The molecule has 0 spiro atoms. The summed E-state index contributed by atoms with van der Waals surface area (Å²) >= 11 is 0. The molecule has 0 saturated carbocycles. The van der Waals surface area contributed by atoms with E-state index < -0.39 is 97.5 Å². The molecule has 0 aliphatic carbocycles. The van der Waals surface area contributed by atoms with Gasteiger partial charge in [0.05, 0.1) is 26.4 Å². The Labute approximate surface area is 572 Å². The van der Waals surface area contributed by atoms with Crippen LogP contribution in [0.2, 0.25) is 0 Å². The number of aliphatic hydroxyl groups is 1. The van der Waals surface area contributed by atoms with E-state index in [9.17, 15) is 43.2 Å². The van der Waals surface area contributed by atoms with Gasteiger partial charge in [0.2, 0.25) is 0 Å². The van der Waals surface area contributed by atoms with Crippen LogP contribution in [0, 0.1) is 0 Å². The summed E-state index contributed by atoms with van der Waals surface area (Å²) in [5.74, 6) is -2.16. The Balaban J connectivity index is 5.28. The molecule has 19 heteroatoms. The molecule has 0 aliphatic rings. The molecule has 0 heterocycles. The van der Waals surface area contributed by atoms with Gasteiger partial charge in [-0.15, -0.1) is 0 Å². The van der Waals surface area contributed by atoms with E-state index >= 15 is 0 Å². The van der Waals surface area contributed by atoms with Gasteiger partial charge < -0.3 is 33.8 Å². The molecular weight excluding hydrogens is 1230 g/mol. The third-order valence-electron chi connectivity index (χ3n) is 16.3. The van der Waals surface area contributed by atoms with Crippen molar-refractivity contribution in [2.45, 2.75) is 367 Å². The Hall–Kier alpha value is -2.98. The van der Waals surface area contributed by atoms with Crippen LogP contribution in [-0.4, -0.2) is 96.7 Å². The van der Waals surface area contributed by atoms with E-state index in [1.807, 2.05) is 0 Å². The average molecular weight is 1370 g/mol. The summed E-state index contributed by atoms with van der Waals surface area (Å²) in [4.78, 5) is 72.7. The third kappa shape index (κ3) is 67.6. The number of ether oxygens (including phenoxy) is 4. The van der Waals surface area contributed by atoms with Gasteiger partial charge in [0.1, 0.15) is 19.3 Å². The van der Waals surface area contributed by atoms with Crippen molar-refractivity contribution in [3.63, 3.8) is 0 Å². The normalized spacial score (nSPS) is 14.2. The maximum Gasteiger partial charge on any atom is 0.472 e. The highest BCUT2D eigenvalue weighted by Gasteiger charge is 2.30. The third-order valence-corrected chi connectivity index (χ3v) is 18.2. The Morgan fingerprint density at radius 1 is 0.309 bits per heavy atom. The highest BCUT2D eigenvalue weighted by Crippen LogP contribution is 2.45. The van der Waals surface area contributed by atoms with E-state index in [0.29, 0.717) is 25.7 Å². The molecule has 5 unspecified atom stereocenters. The number of unbranched alkanes of at least 4 members (excludes halogenated alkanes) is 38. The largest absolute Gasteiger partial charge is 0.472 e. The fourth-order valence-electron chi connectivity index (χ4n) is 10.6. The van der Waals surface area contributed by atoms with Gasteiger partial charge in [-0.05, 0) is 64.2 Å². The number of carbonyl (C=O) groups excluding carboxylic acids is 4. The van der Waals surface area contributed by atoms with Crippen LogP contribution in [0.3, 0.4) is 0 Å². The summed E-state index contributed by atoms with van der Waals surface area (Å²) in [5, 5.41) is 10.6. The summed E-state index contributed by atoms with van der Waals surface area (Å²) in [6, 6.07) is 0. The van der Waals surface area contributed by atoms with Crippen molar-refractivity contribution in [1.82, 2.24) is 0 Å². The zero-order valence-electron chi connectivity index (χ0n) is 59.9. The minimum absolute atomic E-state index is 0.0959. The molecular formula is C75H138O17P2. The first-order chi connectivity index (χ1) is 45.7. The van der Waals surface area contributed by atoms with Crippen molar-refractivity contribution in [3.8, 4) is 0 Å². The van der Waals surface area contributed by atoms with Crippen LogP contribution in [0.25, 0.3) is 0 Å². The Morgan fingerprint density at radius 2 is 0.553 bits per heavy atom. The number of rotatable bonds is 72. The van der Waals surface area contributed by atoms with Crippen molar-refractivity contribution in [3.05, 3.63) is 48.6 Å². The SMILES string of the molecule is CC/C=C\C/C=C\C/C=C\C/C=C\CCCCCCC(=O)OCC(COP(=O)(O)OCC(O)COP(=O)(O)OCC(COC(=O)CCCCCCCCCCCCCCC)OC(=O)CCCCCCCCCCCCCCC)OC(=O)CCCCCCCCCCCCC. The second-order valence-corrected chi connectivity index (χ2v) is 28.5. The summed E-state index contributed by atoms with van der Waals surface area (Å²) in [6.45, 7) is 4.79. The van der Waals surface area contributed by atoms with Crippen molar-refractivity contribution in [2.24, 2.45) is 0 Å². The lowest BCUT2D eigenvalue weighted by atomic mass is 10.0. The van der Waals surface area contributed by atoms with E-state index in [1.54, 1.807) is 0 Å². The second kappa shape index (κ2) is 68.5. The van der Waals surface area contributed by atoms with Crippen LogP contribution in [0.5, 0.6) is 0 Å². The summed E-state index contributed by atoms with van der Waals surface area (Å²) in [5.41, 5.74) is 0. The highest BCUT2D eigenvalue weighted by atomic mass is 31.2. The molecule has 550 valence electrons. The zero-order chi connectivity index (χ0) is 69.0. The minimum Gasteiger partial charge on any atom is -0.462 e. The lowest BCUT2D eigenvalue weighted by Crippen LogP contribution is -2.30. The molecule has 0 radical (unpaired) electrons. The lowest BCUT2D eigenvalue weighted by Gasteiger charge is -2.21. The van der Waals surface area contributed by atoms with Crippen LogP contribution in [0.4, 0.5) is 0 Å². The summed E-state index contributed by atoms with van der Waals surface area (Å²) in [6.07, 6.45) is 63.9. The van der Waals surface area contributed by atoms with Gasteiger partial charge in [0, 0.05) is 25.7 Å². The quantitative estimate of drug-likeness (QED) is 0.0169. The highest BCUT2D eigenvalue weighted by molar-refractivity contribution is 7.47. The monoisotopic (exact) mass is 1370 g/mol. The molecule has 94 heavy (non-hydrogen) atoms. The Morgan fingerprint density at radius 3 is 0.851 bits per heavy atom. The fourth-order valence-corrected chi connectivity index (χ4v) is 12.1. The van der Waals surface area contributed by atoms with E-state index in [2.05, 4.69) is 76.3 Å². The van der Waals surface area contributed by atoms with Gasteiger partial charge in [-0.2, -0.15) is 0 Å². The van der Waals surface area contributed by atoms with E-state index in [0.717, 1.165) is 122 Å². The van der Waals surface area contributed by atoms with Gasteiger partial charge in [-0.1, -0.05) is 307 Å². The van der Waals surface area contributed by atoms with Crippen LogP contribution >= 0.6 is 15.6 Å². The molecule has 0 fully saturated rings. The number of allylic oxidation sites excluding steroid dienone is 8. The number of aliphatic hydroxyl groups excluding tert-OH is 1. The van der Waals surface area contributed by atoms with Crippen LogP contribution in [0.15, 0.2) is 48.6 Å². The van der Waals surface area contributed by atoms with Gasteiger partial charge in [0.15, 0.2) is 12.2 Å². The summed E-state index contributed by atoms with van der Waals surface area (Å²) < 4.78 is 68.4. The topological polar surface area (TPSA) is 237 Å². The van der Waals surface area contributed by atoms with E-state index in [1.165, 1.54) is 148 Å². The van der Waals surface area contributed by atoms with Crippen molar-refractivity contribution in [2.75, 3.05) is 39.6 Å². The van der Waals surface area contributed by atoms with Gasteiger partial charge >= 0.3 is 39.5 Å². The van der Waals surface area contributed by atoms with Crippen molar-refractivity contribution >= 4 is 39.5 Å². The van der Waals surface area contributed by atoms with Crippen LogP contribution in [-0.2, 0) is 65.4 Å². The molecule has 3 N–H and O–H groups in total. The number of carbonyl (C=O) groups is 4. The van der Waals surface area contributed by atoms with Gasteiger partial charge in [0.25, 0.3) is 0 Å². The van der Waals surface area contributed by atoms with E-state index in [4.69, 9.17) is 37.0 Å². The molecule has 5 atom stereocenters. The molecule has 0 aromatic heterocycles. The van der Waals surface area contributed by atoms with E-state index in [-0.39, 0.29) is 25.7 Å². The smallest absolute Gasteiger partial charge is 0.462 e. The molecule has 0 aromatic rings. The molecule has 0 aromatic carbocycles. The standard InChI is InChI=1S/C75H138O17P2/c1-5-9-13-17-21-25-29-32-33-34-35-38-41-44-48-52-56-60-73(78)86-65-70(91-74(79)61-57-53-49-45-39-28-24-20-16-12-8-4)67-89-93(81,82)87-63-69(76)64-88-94(83,84)90-68-71(92-75(80)62-58-54-50-46-42-37-31-27-23-19-15-11-7-3)66-85-72(77)59-55-51-47-43-40-36-30-26-22-18-14-10-6-2/h9,13,21,25,32-33,35,38,69-71,76H,5-8,10-12,14-20,22-24,26-31,34,36-37,39-68H2,1-4H3,(H,81,82)(H,83,84)/b13-9-,25-21-,33-32-,38-35-. The summed E-state index contributed by atoms with van der Waals surface area (Å²) in [7, 11) is -9.92. The number of phosphoric acid groups is 2. The first-order valence-electron chi connectivity index (χ1n) is 37.9. The van der Waals surface area contributed by atoms with Crippen LogP contribution < -0.4 is 0 Å². The van der Waals surface area contributed by atoms with Crippen molar-refractivity contribution in [1.29, 1.82) is 0 Å². The zero-order valence-corrected chi connectivity index (χ0v) is 61.7. The maximum absolute atomic E-state index is 13.0. The molecule has 0 aliphatic heterocycles. The minimum atomic E-state index is -4.96. The van der Waals surface area contributed by atoms with Crippen molar-refractivity contribution < 1.29 is 80.2 Å². The van der Waals surface area contributed by atoms with Gasteiger partial charge in [-0.3, -0.25) is 37.3 Å². The molecule has 0 saturated heterocycles. The number of hydrogen-bond acceptors (Lipinski definition) is 15. The molecule has 0 rings (SSSR count). The molecule has 0 bridgehead atoms. The number of hydrogen-bond donors (Lipinski definition) is 3. The predicted molar refractivity (Wildman–Crippen MR) is 381 cm³/mol. The van der Waals surface area contributed by atoms with Gasteiger partial charge in [-0.25, -0.2) is 9.13 Å². The number of esters is 4. The molecule has 17 nitrogen and oxygen atoms in total. The Kier molecular flexibility index (Phi) is 66.4. The second-order valence-electron chi connectivity index (χ2n) is 25.6. The predicted octanol–water partition coefficient (Wildman–Crippen LogP) is 21.3. The average Bonchev–Trinajstić information content (AvgIpc) is 1.32. The number of phosphoric ester groups is 2. The molecule has 0 amide bonds. The maximum atomic E-state index is 13.0.